The fourth-order valence-corrected chi connectivity index (χ4v) is 3.19. The third-order valence-electron chi connectivity index (χ3n) is 3.25. The summed E-state index contributed by atoms with van der Waals surface area (Å²) in [6, 6.07) is 13.6. The zero-order valence-corrected chi connectivity index (χ0v) is 11.3. The number of nitrogens with zero attached hydrogens (tertiary/aromatic N) is 1. The Morgan fingerprint density at radius 3 is 2.68 bits per heavy atom. The third-order valence-corrected chi connectivity index (χ3v) is 4.58. The lowest BCUT2D eigenvalue weighted by molar-refractivity contribution is 0.106. The molecular weight excluding hydrogens is 256 g/mol. The quantitative estimate of drug-likeness (QED) is 0.752. The number of thiophene rings is 1. The van der Waals surface area contributed by atoms with Gasteiger partial charge in [0.1, 0.15) is 11.4 Å². The number of rotatable bonds is 2. The summed E-state index contributed by atoms with van der Waals surface area (Å²) in [6.07, 6.45) is 1.62. The number of nitrogen functional groups attached to an aromatic ring is 1. The number of benzene rings is 1. The number of hydrogen-bond acceptors (Lipinski definition) is 4. The summed E-state index contributed by atoms with van der Waals surface area (Å²) in [5, 5.41) is 11.9. The molecule has 0 bridgehead atoms. The average Bonchev–Trinajstić information content (AvgIpc) is 2.83. The van der Waals surface area contributed by atoms with Gasteiger partial charge in [0.25, 0.3) is 0 Å². The van der Waals surface area contributed by atoms with Crippen molar-refractivity contribution in [3.8, 4) is 0 Å². The van der Waals surface area contributed by atoms with Crippen LogP contribution in [0.5, 0.6) is 0 Å². The molecule has 96 valence electrons. The maximum atomic E-state index is 10.8. The molecule has 3 rings (SSSR count). The van der Waals surface area contributed by atoms with Gasteiger partial charge in [0, 0.05) is 21.3 Å². The Bertz CT molecular complexity index is 683. The largest absolute Gasteiger partial charge is 0.384 e. The van der Waals surface area contributed by atoms with E-state index < -0.39 is 5.60 Å². The van der Waals surface area contributed by atoms with Gasteiger partial charge >= 0.3 is 0 Å². The molecule has 2 aromatic heterocycles. The van der Waals surface area contributed by atoms with Crippen molar-refractivity contribution >= 4 is 27.2 Å². The van der Waals surface area contributed by atoms with Gasteiger partial charge in [0.15, 0.2) is 0 Å². The first kappa shape index (κ1) is 12.1. The zero-order valence-electron chi connectivity index (χ0n) is 10.5. The zero-order chi connectivity index (χ0) is 13.5. The highest BCUT2D eigenvalue weighted by Gasteiger charge is 2.28. The highest BCUT2D eigenvalue weighted by Crippen LogP contribution is 2.37. The minimum absolute atomic E-state index is 0.455. The molecule has 0 aliphatic carbocycles. The van der Waals surface area contributed by atoms with Crippen molar-refractivity contribution < 1.29 is 5.11 Å². The van der Waals surface area contributed by atoms with Crippen molar-refractivity contribution in [1.82, 2.24) is 4.98 Å². The Labute approximate surface area is 115 Å². The van der Waals surface area contributed by atoms with Gasteiger partial charge in [-0.25, -0.2) is 4.98 Å². The van der Waals surface area contributed by atoms with E-state index >= 15 is 0 Å². The highest BCUT2D eigenvalue weighted by atomic mass is 32.1. The summed E-state index contributed by atoms with van der Waals surface area (Å²) in [6.45, 7) is 1.78. The van der Waals surface area contributed by atoms with Gasteiger partial charge in [-0.15, -0.1) is 11.3 Å². The fraction of sp³-hybridized carbons (Fsp3) is 0.133. The van der Waals surface area contributed by atoms with E-state index in [1.54, 1.807) is 30.5 Å². The van der Waals surface area contributed by atoms with Crippen LogP contribution in [0.25, 0.3) is 10.1 Å². The molecule has 0 radical (unpaired) electrons. The number of aliphatic hydroxyl groups is 1. The third kappa shape index (κ3) is 2.09. The van der Waals surface area contributed by atoms with Crippen LogP contribution in [-0.2, 0) is 5.60 Å². The lowest BCUT2D eigenvalue weighted by atomic mass is 9.95. The SMILES string of the molecule is CC(O)(c1ccc(N)nc1)c1cc2ccccc2s1. The van der Waals surface area contributed by atoms with E-state index in [4.69, 9.17) is 5.73 Å². The van der Waals surface area contributed by atoms with E-state index in [0.717, 1.165) is 15.8 Å². The first-order valence-corrected chi connectivity index (χ1v) is 6.82. The van der Waals surface area contributed by atoms with Crippen LogP contribution in [0.1, 0.15) is 17.4 Å². The van der Waals surface area contributed by atoms with E-state index in [-0.39, 0.29) is 0 Å². The van der Waals surface area contributed by atoms with Gasteiger partial charge in [-0.3, -0.25) is 0 Å². The average molecular weight is 270 g/mol. The van der Waals surface area contributed by atoms with E-state index in [9.17, 15) is 5.11 Å². The molecule has 3 nitrogen and oxygen atoms in total. The number of nitrogens with two attached hydrogens (primary N) is 1. The lowest BCUT2D eigenvalue weighted by Gasteiger charge is -2.22. The van der Waals surface area contributed by atoms with Crippen molar-refractivity contribution in [2.24, 2.45) is 0 Å². The standard InChI is InChI=1S/C15H14N2OS/c1-15(18,11-6-7-14(16)17-9-11)13-8-10-4-2-3-5-12(10)19-13/h2-9,18H,1H3,(H2,16,17). The molecule has 3 aromatic rings. The topological polar surface area (TPSA) is 59.1 Å². The number of pyridine rings is 1. The molecule has 1 atom stereocenters. The second kappa shape index (κ2) is 4.33. The summed E-state index contributed by atoms with van der Waals surface area (Å²) in [4.78, 5) is 4.95. The monoisotopic (exact) mass is 270 g/mol. The van der Waals surface area contributed by atoms with Crippen molar-refractivity contribution in [3.63, 3.8) is 0 Å². The Hall–Kier alpha value is -1.91. The Balaban J connectivity index is 2.10. The molecule has 1 unspecified atom stereocenters. The normalized spacial score (nSPS) is 14.4. The van der Waals surface area contributed by atoms with E-state index in [0.29, 0.717) is 5.82 Å². The van der Waals surface area contributed by atoms with Crippen LogP contribution in [0.4, 0.5) is 5.82 Å². The van der Waals surface area contributed by atoms with Crippen molar-refractivity contribution in [3.05, 3.63) is 59.1 Å². The van der Waals surface area contributed by atoms with Gasteiger partial charge in [0.05, 0.1) is 0 Å². The molecule has 3 N–H and O–H groups in total. The van der Waals surface area contributed by atoms with Crippen molar-refractivity contribution in [2.45, 2.75) is 12.5 Å². The van der Waals surface area contributed by atoms with Crippen LogP contribution < -0.4 is 5.73 Å². The molecule has 0 aliphatic rings. The van der Waals surface area contributed by atoms with E-state index in [2.05, 4.69) is 11.1 Å². The molecule has 0 aliphatic heterocycles. The molecule has 0 fully saturated rings. The second-order valence-corrected chi connectivity index (χ2v) is 5.78. The highest BCUT2D eigenvalue weighted by molar-refractivity contribution is 7.19. The van der Waals surface area contributed by atoms with Crippen LogP contribution in [0.3, 0.4) is 0 Å². The summed E-state index contributed by atoms with van der Waals surface area (Å²) in [7, 11) is 0. The first-order valence-electron chi connectivity index (χ1n) is 6.01. The summed E-state index contributed by atoms with van der Waals surface area (Å²) in [5.41, 5.74) is 5.27. The summed E-state index contributed by atoms with van der Waals surface area (Å²) in [5.74, 6) is 0.455. The van der Waals surface area contributed by atoms with Gasteiger partial charge in [-0.05, 0) is 30.5 Å². The molecule has 0 saturated carbocycles. The minimum atomic E-state index is -1.05. The first-order chi connectivity index (χ1) is 9.07. The fourth-order valence-electron chi connectivity index (χ4n) is 2.06. The van der Waals surface area contributed by atoms with E-state index in [1.807, 2.05) is 30.3 Å². The summed E-state index contributed by atoms with van der Waals surface area (Å²) >= 11 is 1.59. The van der Waals surface area contributed by atoms with Crippen LogP contribution in [0, 0.1) is 0 Å². The molecule has 19 heavy (non-hydrogen) atoms. The van der Waals surface area contributed by atoms with Crippen molar-refractivity contribution in [2.75, 3.05) is 5.73 Å². The van der Waals surface area contributed by atoms with Crippen LogP contribution in [0.2, 0.25) is 0 Å². The number of fused-ring (bicyclic) bond motifs is 1. The lowest BCUT2D eigenvalue weighted by Crippen LogP contribution is -2.21. The second-order valence-electron chi connectivity index (χ2n) is 4.69. The maximum absolute atomic E-state index is 10.8. The van der Waals surface area contributed by atoms with E-state index in [1.165, 1.54) is 4.70 Å². The molecule has 0 spiro atoms. The molecule has 0 saturated heterocycles. The van der Waals surface area contributed by atoms with Gasteiger partial charge in [-0.2, -0.15) is 0 Å². The Morgan fingerprint density at radius 2 is 2.00 bits per heavy atom. The summed E-state index contributed by atoms with van der Waals surface area (Å²) < 4.78 is 1.17. The minimum Gasteiger partial charge on any atom is -0.384 e. The molecule has 2 heterocycles. The molecule has 0 amide bonds. The van der Waals surface area contributed by atoms with Crippen LogP contribution >= 0.6 is 11.3 Å². The predicted molar refractivity (Wildman–Crippen MR) is 79.1 cm³/mol. The number of anilines is 1. The molecular formula is C15H14N2OS. The van der Waals surface area contributed by atoms with Gasteiger partial charge in [0.2, 0.25) is 0 Å². The number of hydrogen-bond donors (Lipinski definition) is 2. The van der Waals surface area contributed by atoms with Crippen LogP contribution in [0.15, 0.2) is 48.7 Å². The van der Waals surface area contributed by atoms with Gasteiger partial charge < -0.3 is 10.8 Å². The Kier molecular flexibility index (Phi) is 2.77. The predicted octanol–water partition coefficient (Wildman–Crippen LogP) is 3.13. The smallest absolute Gasteiger partial charge is 0.123 e. The molecule has 1 aromatic carbocycles. The Morgan fingerprint density at radius 1 is 1.21 bits per heavy atom. The van der Waals surface area contributed by atoms with Crippen LogP contribution in [-0.4, -0.2) is 10.1 Å². The maximum Gasteiger partial charge on any atom is 0.123 e. The molecule has 4 heteroatoms. The number of aromatic nitrogens is 1. The van der Waals surface area contributed by atoms with Gasteiger partial charge in [-0.1, -0.05) is 24.3 Å². The van der Waals surface area contributed by atoms with Crippen molar-refractivity contribution in [1.29, 1.82) is 0 Å².